The molecule has 1 fully saturated rings. The second-order valence-corrected chi connectivity index (χ2v) is 8.41. The molecule has 0 unspecified atom stereocenters. The predicted octanol–water partition coefficient (Wildman–Crippen LogP) is 6.42. The highest BCUT2D eigenvalue weighted by Gasteiger charge is 2.27. The van der Waals surface area contributed by atoms with E-state index in [4.69, 9.17) is 27.6 Å². The summed E-state index contributed by atoms with van der Waals surface area (Å²) in [6.07, 6.45) is 2.72. The third kappa shape index (κ3) is 4.47. The third-order valence-electron chi connectivity index (χ3n) is 4.51. The van der Waals surface area contributed by atoms with Gasteiger partial charge in [-0.25, -0.2) is 0 Å². The van der Waals surface area contributed by atoms with Gasteiger partial charge >= 0.3 is 0 Å². The van der Waals surface area contributed by atoms with Gasteiger partial charge in [0, 0.05) is 17.3 Å². The first-order chi connectivity index (χ1) is 14.0. The molecule has 1 aliphatic heterocycles. The zero-order valence-corrected chi connectivity index (χ0v) is 17.9. The monoisotopic (exact) mass is 444 g/mol. The molecule has 29 heavy (non-hydrogen) atoms. The highest BCUT2D eigenvalue weighted by molar-refractivity contribution is 8.05. The van der Waals surface area contributed by atoms with Gasteiger partial charge in [0.25, 0.3) is 5.91 Å². The van der Waals surface area contributed by atoms with Gasteiger partial charge in [-0.05, 0) is 48.4 Å². The number of halogens is 2. The highest BCUT2D eigenvalue weighted by Crippen LogP contribution is 2.36. The fourth-order valence-electron chi connectivity index (χ4n) is 2.95. The summed E-state index contributed by atoms with van der Waals surface area (Å²) in [6, 6.07) is 17.2. The van der Waals surface area contributed by atoms with E-state index in [9.17, 15) is 4.79 Å². The van der Waals surface area contributed by atoms with Crippen molar-refractivity contribution in [2.75, 3.05) is 5.32 Å². The van der Waals surface area contributed by atoms with E-state index in [-0.39, 0.29) is 11.4 Å². The molecule has 4 rings (SSSR count). The van der Waals surface area contributed by atoms with E-state index in [0.29, 0.717) is 32.0 Å². The van der Waals surface area contributed by atoms with Gasteiger partial charge in [0.05, 0.1) is 15.0 Å². The summed E-state index contributed by atoms with van der Waals surface area (Å²) in [5.74, 6) is 1.02. The summed E-state index contributed by atoms with van der Waals surface area (Å²) in [6.45, 7) is 2.12. The van der Waals surface area contributed by atoms with Crippen molar-refractivity contribution in [2.24, 2.45) is 0 Å². The van der Waals surface area contributed by atoms with Gasteiger partial charge in [-0.1, -0.05) is 60.1 Å². The number of thioether (sulfide) groups is 1. The standard InChI is InChI=1S/C22H18Cl2N2O2S/c1-2-13-6-8-14(9-7-13)25-22-26-21(27)19(29-22)12-15-10-11-18(28-15)16-4-3-5-17(23)20(16)24/h3-12,22,25H,2H2,1H3,(H,26,27)/b19-12+/t22-/m1/s1. The Morgan fingerprint density at radius 2 is 1.93 bits per heavy atom. The molecule has 2 heterocycles. The molecule has 4 nitrogen and oxygen atoms in total. The fourth-order valence-corrected chi connectivity index (χ4v) is 4.31. The molecule has 2 N–H and O–H groups in total. The molecule has 148 valence electrons. The molecule has 1 saturated heterocycles. The molecule has 7 heteroatoms. The normalized spacial score (nSPS) is 17.6. The maximum atomic E-state index is 12.3. The van der Waals surface area contributed by atoms with Crippen LogP contribution in [-0.2, 0) is 11.2 Å². The van der Waals surface area contributed by atoms with Gasteiger partial charge < -0.3 is 15.1 Å². The Labute approximate surface area is 183 Å². The summed E-state index contributed by atoms with van der Waals surface area (Å²) in [5.41, 5.74) is 2.70. The van der Waals surface area contributed by atoms with Crippen molar-refractivity contribution in [3.8, 4) is 11.3 Å². The van der Waals surface area contributed by atoms with Gasteiger partial charge in [-0.15, -0.1) is 0 Å². The van der Waals surface area contributed by atoms with Crippen molar-refractivity contribution in [1.82, 2.24) is 5.32 Å². The Morgan fingerprint density at radius 1 is 1.14 bits per heavy atom. The van der Waals surface area contributed by atoms with Crippen LogP contribution in [0.1, 0.15) is 18.2 Å². The minimum absolute atomic E-state index is 0.142. The number of nitrogens with one attached hydrogen (secondary N) is 2. The second-order valence-electron chi connectivity index (χ2n) is 6.48. The van der Waals surface area contributed by atoms with E-state index in [0.717, 1.165) is 12.1 Å². The van der Waals surface area contributed by atoms with E-state index >= 15 is 0 Å². The van der Waals surface area contributed by atoms with Crippen molar-refractivity contribution >= 4 is 52.6 Å². The summed E-state index contributed by atoms with van der Waals surface area (Å²) in [7, 11) is 0. The first-order valence-electron chi connectivity index (χ1n) is 9.12. The third-order valence-corrected chi connectivity index (χ3v) is 6.36. The van der Waals surface area contributed by atoms with Crippen LogP contribution in [0.2, 0.25) is 10.0 Å². The number of anilines is 1. The van der Waals surface area contributed by atoms with E-state index in [1.165, 1.54) is 17.3 Å². The average molecular weight is 445 g/mol. The SMILES string of the molecule is CCc1ccc(N[C@@H]2NC(=O)/C(=C\c3ccc(-c4cccc(Cl)c4Cl)o3)S2)cc1. The number of benzene rings is 2. The van der Waals surface area contributed by atoms with E-state index < -0.39 is 0 Å². The zero-order chi connectivity index (χ0) is 20.4. The first-order valence-corrected chi connectivity index (χ1v) is 10.8. The van der Waals surface area contributed by atoms with Crippen LogP contribution in [0.5, 0.6) is 0 Å². The quantitative estimate of drug-likeness (QED) is 0.446. The molecule has 2 aromatic carbocycles. The van der Waals surface area contributed by atoms with Gasteiger partial charge in [-0.2, -0.15) is 0 Å². The molecule has 1 atom stereocenters. The number of hydrogen-bond acceptors (Lipinski definition) is 4. The van der Waals surface area contributed by atoms with Crippen molar-refractivity contribution in [3.63, 3.8) is 0 Å². The largest absolute Gasteiger partial charge is 0.457 e. The molecule has 0 spiro atoms. The highest BCUT2D eigenvalue weighted by atomic mass is 35.5. The maximum Gasteiger partial charge on any atom is 0.260 e. The van der Waals surface area contributed by atoms with Gasteiger partial charge in [0.15, 0.2) is 5.50 Å². The van der Waals surface area contributed by atoms with Crippen LogP contribution in [0.25, 0.3) is 17.4 Å². The van der Waals surface area contributed by atoms with Crippen LogP contribution >= 0.6 is 35.0 Å². The topological polar surface area (TPSA) is 54.3 Å². The molecule has 0 bridgehead atoms. The van der Waals surface area contributed by atoms with Crippen LogP contribution in [0.4, 0.5) is 5.69 Å². The molecule has 1 amide bonds. The lowest BCUT2D eigenvalue weighted by atomic mass is 10.1. The molecule has 1 aliphatic rings. The lowest BCUT2D eigenvalue weighted by molar-refractivity contribution is -0.116. The number of hydrogen-bond donors (Lipinski definition) is 2. The molecule has 0 radical (unpaired) electrons. The Morgan fingerprint density at radius 3 is 2.69 bits per heavy atom. The van der Waals surface area contributed by atoms with Crippen molar-refractivity contribution in [1.29, 1.82) is 0 Å². The summed E-state index contributed by atoms with van der Waals surface area (Å²) >= 11 is 13.8. The van der Waals surface area contributed by atoms with Gasteiger partial charge in [0.2, 0.25) is 0 Å². The fraction of sp³-hybridized carbons (Fsp3) is 0.136. The van der Waals surface area contributed by atoms with Crippen LogP contribution in [0, 0.1) is 0 Å². The smallest absolute Gasteiger partial charge is 0.260 e. The Kier molecular flexibility index (Phi) is 5.90. The van der Waals surface area contributed by atoms with Gasteiger partial charge in [-0.3, -0.25) is 4.79 Å². The lowest BCUT2D eigenvalue weighted by Gasteiger charge is -2.12. The summed E-state index contributed by atoms with van der Waals surface area (Å²) in [4.78, 5) is 12.9. The van der Waals surface area contributed by atoms with E-state index in [1.807, 2.05) is 30.3 Å². The average Bonchev–Trinajstić information content (AvgIpc) is 3.31. The number of carbonyl (C=O) groups excluding carboxylic acids is 1. The number of amides is 1. The van der Waals surface area contributed by atoms with E-state index in [1.54, 1.807) is 18.2 Å². The molecular weight excluding hydrogens is 427 g/mol. The summed E-state index contributed by atoms with van der Waals surface area (Å²) < 4.78 is 5.86. The first kappa shape index (κ1) is 20.0. The molecule has 1 aromatic heterocycles. The lowest BCUT2D eigenvalue weighted by Crippen LogP contribution is -2.30. The molecule has 0 aliphatic carbocycles. The van der Waals surface area contributed by atoms with Crippen LogP contribution in [-0.4, -0.2) is 11.4 Å². The Hall–Kier alpha value is -2.34. The maximum absolute atomic E-state index is 12.3. The van der Waals surface area contributed by atoms with Gasteiger partial charge in [0.1, 0.15) is 11.5 Å². The molecular formula is C22H18Cl2N2O2S. The van der Waals surface area contributed by atoms with Crippen LogP contribution in [0.15, 0.2) is 63.9 Å². The number of carbonyl (C=O) groups is 1. The summed E-state index contributed by atoms with van der Waals surface area (Å²) in [5, 5.41) is 7.14. The predicted molar refractivity (Wildman–Crippen MR) is 121 cm³/mol. The Balaban J connectivity index is 1.48. The van der Waals surface area contributed by atoms with Crippen molar-refractivity contribution in [3.05, 3.63) is 80.9 Å². The van der Waals surface area contributed by atoms with Crippen LogP contribution in [0.3, 0.4) is 0 Å². The Bertz CT molecular complexity index is 1080. The minimum atomic E-state index is -0.238. The van der Waals surface area contributed by atoms with E-state index in [2.05, 4.69) is 29.7 Å². The van der Waals surface area contributed by atoms with Crippen LogP contribution < -0.4 is 10.6 Å². The second kappa shape index (κ2) is 8.57. The number of aryl methyl sites for hydroxylation is 1. The molecule has 0 saturated carbocycles. The zero-order valence-electron chi connectivity index (χ0n) is 15.5. The minimum Gasteiger partial charge on any atom is -0.457 e. The number of rotatable bonds is 5. The number of furan rings is 1. The van der Waals surface area contributed by atoms with Crippen molar-refractivity contribution < 1.29 is 9.21 Å². The van der Waals surface area contributed by atoms with Crippen molar-refractivity contribution in [2.45, 2.75) is 18.8 Å². The molecule has 3 aromatic rings.